The number of carbonyl (C=O) groups is 1. The molecule has 2 N–H and O–H groups in total. The molecule has 1 saturated heterocycles. The zero-order chi connectivity index (χ0) is 13.1. The molecule has 6 heteroatoms. The zero-order valence-electron chi connectivity index (χ0n) is 10.8. The fraction of sp³-hybridized carbons (Fsp3) is 0.286. The van der Waals surface area contributed by atoms with Crippen molar-refractivity contribution in [3.8, 4) is 11.3 Å². The fourth-order valence-electron chi connectivity index (χ4n) is 2.20. The summed E-state index contributed by atoms with van der Waals surface area (Å²) in [6.07, 6.45) is 3.97. The van der Waals surface area contributed by atoms with Gasteiger partial charge in [0.25, 0.3) is 0 Å². The van der Waals surface area contributed by atoms with E-state index in [0.29, 0.717) is 0 Å². The number of nitrogens with one attached hydrogen (secondary N) is 2. The average molecular weight is 294 g/mol. The third-order valence-corrected chi connectivity index (χ3v) is 3.30. The Morgan fingerprint density at radius 2 is 2.15 bits per heavy atom. The maximum atomic E-state index is 11.9. The number of amides is 1. The zero-order valence-corrected chi connectivity index (χ0v) is 11.7. The molecule has 1 aliphatic rings. The molecule has 0 saturated carbocycles. The Kier molecular flexibility index (Phi) is 4.76. The van der Waals surface area contributed by atoms with Gasteiger partial charge >= 0.3 is 0 Å². The summed E-state index contributed by atoms with van der Waals surface area (Å²) in [6.45, 7) is 1.69. The number of nitrogens with zero attached hydrogens (tertiary/aromatic N) is 1. The van der Waals surface area contributed by atoms with Gasteiger partial charge < -0.3 is 15.1 Å². The number of halogens is 1. The molecule has 1 aromatic carbocycles. The van der Waals surface area contributed by atoms with Gasteiger partial charge in [-0.3, -0.25) is 4.79 Å². The maximum absolute atomic E-state index is 11.9. The van der Waals surface area contributed by atoms with Crippen molar-refractivity contribution in [2.75, 3.05) is 18.4 Å². The van der Waals surface area contributed by atoms with Crippen LogP contribution in [0.4, 0.5) is 5.69 Å². The summed E-state index contributed by atoms with van der Waals surface area (Å²) in [7, 11) is 0. The van der Waals surface area contributed by atoms with Gasteiger partial charge in [-0.1, -0.05) is 0 Å². The van der Waals surface area contributed by atoms with E-state index in [-0.39, 0.29) is 24.2 Å². The smallest absolute Gasteiger partial charge is 0.228 e. The summed E-state index contributed by atoms with van der Waals surface area (Å²) < 4.78 is 5.22. The third kappa shape index (κ3) is 3.18. The van der Waals surface area contributed by atoms with Crippen molar-refractivity contribution in [1.29, 1.82) is 0 Å². The van der Waals surface area contributed by atoms with Gasteiger partial charge in [-0.25, -0.2) is 4.98 Å². The number of hydrogen-bond acceptors (Lipinski definition) is 4. The first-order chi connectivity index (χ1) is 9.33. The summed E-state index contributed by atoms with van der Waals surface area (Å²) in [5.41, 5.74) is 1.75. The van der Waals surface area contributed by atoms with Crippen molar-refractivity contribution in [2.24, 2.45) is 5.92 Å². The van der Waals surface area contributed by atoms with Crippen molar-refractivity contribution in [3.05, 3.63) is 36.9 Å². The number of aromatic nitrogens is 1. The van der Waals surface area contributed by atoms with Crippen molar-refractivity contribution in [3.63, 3.8) is 0 Å². The Morgan fingerprint density at radius 1 is 1.35 bits per heavy atom. The Morgan fingerprint density at radius 3 is 2.75 bits per heavy atom. The summed E-state index contributed by atoms with van der Waals surface area (Å²) in [5, 5.41) is 6.12. The van der Waals surface area contributed by atoms with E-state index in [2.05, 4.69) is 15.6 Å². The molecule has 106 valence electrons. The van der Waals surface area contributed by atoms with Gasteiger partial charge in [0.2, 0.25) is 5.91 Å². The first-order valence-electron chi connectivity index (χ1n) is 6.33. The highest BCUT2D eigenvalue weighted by molar-refractivity contribution is 5.93. The number of anilines is 1. The molecule has 1 unspecified atom stereocenters. The average Bonchev–Trinajstić information content (AvgIpc) is 3.13. The predicted molar refractivity (Wildman–Crippen MR) is 78.8 cm³/mol. The standard InChI is InChI=1S/C14H15N3O2.ClH/c18-14(11-5-6-15-7-11)17-12-3-1-10(2-4-12)13-8-16-9-19-13;/h1-4,8-9,11,15H,5-7H2,(H,17,18);1H. The Bertz CT molecular complexity index is 548. The highest BCUT2D eigenvalue weighted by Crippen LogP contribution is 2.21. The van der Waals surface area contributed by atoms with Crippen LogP contribution in [0.1, 0.15) is 6.42 Å². The van der Waals surface area contributed by atoms with E-state index in [0.717, 1.165) is 36.5 Å². The van der Waals surface area contributed by atoms with Crippen LogP contribution in [0.2, 0.25) is 0 Å². The van der Waals surface area contributed by atoms with Gasteiger partial charge in [-0.15, -0.1) is 12.4 Å². The van der Waals surface area contributed by atoms with E-state index in [1.54, 1.807) is 6.20 Å². The molecule has 0 spiro atoms. The Labute approximate surface area is 123 Å². The van der Waals surface area contributed by atoms with Crippen molar-refractivity contribution < 1.29 is 9.21 Å². The second-order valence-corrected chi connectivity index (χ2v) is 4.62. The largest absolute Gasteiger partial charge is 0.444 e. The van der Waals surface area contributed by atoms with Gasteiger partial charge in [0.05, 0.1) is 12.1 Å². The van der Waals surface area contributed by atoms with E-state index >= 15 is 0 Å². The number of carbonyl (C=O) groups excluding carboxylic acids is 1. The number of benzene rings is 1. The molecular weight excluding hydrogens is 278 g/mol. The molecule has 0 aliphatic carbocycles. The van der Waals surface area contributed by atoms with E-state index < -0.39 is 0 Å². The van der Waals surface area contributed by atoms with Crippen LogP contribution in [0.5, 0.6) is 0 Å². The lowest BCUT2D eigenvalue weighted by Gasteiger charge is -2.10. The van der Waals surface area contributed by atoms with Gasteiger partial charge in [-0.05, 0) is 37.2 Å². The lowest BCUT2D eigenvalue weighted by molar-refractivity contribution is -0.119. The topological polar surface area (TPSA) is 67.2 Å². The summed E-state index contributed by atoms with van der Waals surface area (Å²) in [4.78, 5) is 15.8. The van der Waals surface area contributed by atoms with Crippen LogP contribution in [0.15, 0.2) is 41.3 Å². The van der Waals surface area contributed by atoms with Crippen molar-refractivity contribution in [2.45, 2.75) is 6.42 Å². The summed E-state index contributed by atoms with van der Waals surface area (Å²) in [6, 6.07) is 7.56. The SMILES string of the molecule is Cl.O=C(Nc1ccc(-c2cnco2)cc1)C1CCNC1. The molecular formula is C14H16ClN3O2. The molecule has 2 heterocycles. The molecule has 1 aromatic heterocycles. The first kappa shape index (κ1) is 14.6. The molecule has 1 amide bonds. The number of oxazole rings is 1. The minimum atomic E-state index is 0. The van der Waals surface area contributed by atoms with Gasteiger partial charge in [0, 0.05) is 17.8 Å². The molecule has 5 nitrogen and oxygen atoms in total. The second-order valence-electron chi connectivity index (χ2n) is 4.62. The van der Waals surface area contributed by atoms with Crippen molar-refractivity contribution >= 4 is 24.0 Å². The minimum absolute atomic E-state index is 0. The molecule has 0 radical (unpaired) electrons. The van der Waals surface area contributed by atoms with Crippen LogP contribution >= 0.6 is 12.4 Å². The summed E-state index contributed by atoms with van der Waals surface area (Å²) in [5.74, 6) is 0.879. The van der Waals surface area contributed by atoms with Crippen LogP contribution < -0.4 is 10.6 Å². The predicted octanol–water partition coefficient (Wildman–Crippen LogP) is 2.31. The van der Waals surface area contributed by atoms with E-state index in [1.165, 1.54) is 6.39 Å². The fourth-order valence-corrected chi connectivity index (χ4v) is 2.20. The highest BCUT2D eigenvalue weighted by Gasteiger charge is 2.22. The molecule has 0 bridgehead atoms. The summed E-state index contributed by atoms with van der Waals surface area (Å²) >= 11 is 0. The third-order valence-electron chi connectivity index (χ3n) is 3.30. The van der Waals surface area contributed by atoms with Crippen LogP contribution in [0, 0.1) is 5.92 Å². The van der Waals surface area contributed by atoms with E-state index in [4.69, 9.17) is 4.42 Å². The Balaban J connectivity index is 0.00000147. The first-order valence-corrected chi connectivity index (χ1v) is 6.33. The number of rotatable bonds is 3. The maximum Gasteiger partial charge on any atom is 0.228 e. The second kappa shape index (κ2) is 6.54. The van der Waals surface area contributed by atoms with Crippen LogP contribution in [-0.4, -0.2) is 24.0 Å². The van der Waals surface area contributed by atoms with Crippen LogP contribution in [-0.2, 0) is 4.79 Å². The minimum Gasteiger partial charge on any atom is -0.444 e. The normalized spacial score (nSPS) is 17.5. The molecule has 1 aliphatic heterocycles. The molecule has 1 atom stereocenters. The molecule has 1 fully saturated rings. The monoisotopic (exact) mass is 293 g/mol. The van der Waals surface area contributed by atoms with Gasteiger partial charge in [0.15, 0.2) is 12.2 Å². The molecule has 2 aromatic rings. The highest BCUT2D eigenvalue weighted by atomic mass is 35.5. The lowest BCUT2D eigenvalue weighted by atomic mass is 10.1. The quantitative estimate of drug-likeness (QED) is 0.911. The van der Waals surface area contributed by atoms with E-state index in [1.807, 2.05) is 24.3 Å². The molecule has 20 heavy (non-hydrogen) atoms. The number of hydrogen-bond donors (Lipinski definition) is 2. The van der Waals surface area contributed by atoms with E-state index in [9.17, 15) is 4.79 Å². The van der Waals surface area contributed by atoms with Crippen LogP contribution in [0.3, 0.4) is 0 Å². The Hall–Kier alpha value is -1.85. The van der Waals surface area contributed by atoms with Crippen molar-refractivity contribution in [1.82, 2.24) is 10.3 Å². The van der Waals surface area contributed by atoms with Gasteiger partial charge in [0.1, 0.15) is 0 Å². The van der Waals surface area contributed by atoms with Gasteiger partial charge in [-0.2, -0.15) is 0 Å². The molecule has 3 rings (SSSR count). The lowest BCUT2D eigenvalue weighted by Crippen LogP contribution is -2.24. The van der Waals surface area contributed by atoms with Crippen LogP contribution in [0.25, 0.3) is 11.3 Å².